The molecule has 0 radical (unpaired) electrons. The number of benzene rings is 1. The van der Waals surface area contributed by atoms with Crippen molar-refractivity contribution >= 4 is 22.5 Å². The smallest absolute Gasteiger partial charge is 0.325 e. The van der Waals surface area contributed by atoms with Crippen molar-refractivity contribution in [2.45, 2.75) is 19.0 Å². The van der Waals surface area contributed by atoms with Crippen LogP contribution in [0.4, 0.5) is 18.9 Å². The quantitative estimate of drug-likeness (QED) is 0.925. The first-order valence-corrected chi connectivity index (χ1v) is 5.66. The Morgan fingerprint density at radius 2 is 2.00 bits per heavy atom. The Balaban J connectivity index is 2.11. The maximum absolute atomic E-state index is 12.0. The highest BCUT2D eigenvalue weighted by Gasteiger charge is 2.27. The molecule has 0 saturated heterocycles. The Labute approximate surface area is 107 Å². The predicted octanol–water partition coefficient (Wildman–Crippen LogP) is 3.52. The van der Waals surface area contributed by atoms with Gasteiger partial charge in [-0.3, -0.25) is 9.78 Å². The van der Waals surface area contributed by atoms with Crippen LogP contribution in [-0.4, -0.2) is 17.1 Å². The molecule has 2 aromatic rings. The molecule has 0 aliphatic rings. The van der Waals surface area contributed by atoms with Gasteiger partial charge in [-0.2, -0.15) is 13.2 Å². The number of amides is 1. The zero-order valence-electron chi connectivity index (χ0n) is 9.87. The van der Waals surface area contributed by atoms with Gasteiger partial charge >= 0.3 is 6.18 Å². The maximum atomic E-state index is 12.0. The van der Waals surface area contributed by atoms with Crippen molar-refractivity contribution in [2.24, 2.45) is 0 Å². The molecule has 1 aromatic heterocycles. The van der Waals surface area contributed by atoms with E-state index in [4.69, 9.17) is 0 Å². The summed E-state index contributed by atoms with van der Waals surface area (Å²) >= 11 is 0. The summed E-state index contributed by atoms with van der Waals surface area (Å²) in [5.74, 6) is -0.659. The molecule has 0 saturated carbocycles. The van der Waals surface area contributed by atoms with E-state index in [1.807, 2.05) is 0 Å². The van der Waals surface area contributed by atoms with Crippen LogP contribution >= 0.6 is 0 Å². The SMILES string of the molecule is O=C(CCC(F)(F)F)Nc1cccc2ncccc12. The molecule has 0 spiro atoms. The molecule has 1 N–H and O–H groups in total. The Morgan fingerprint density at radius 1 is 1.21 bits per heavy atom. The minimum absolute atomic E-state index is 0.470. The average Bonchev–Trinajstić information content (AvgIpc) is 2.36. The number of fused-ring (bicyclic) bond motifs is 1. The number of alkyl halides is 3. The second-order valence-electron chi connectivity index (χ2n) is 4.04. The van der Waals surface area contributed by atoms with Crippen LogP contribution in [0.5, 0.6) is 0 Å². The lowest BCUT2D eigenvalue weighted by molar-refractivity contribution is -0.142. The number of hydrogen-bond donors (Lipinski definition) is 1. The zero-order valence-corrected chi connectivity index (χ0v) is 9.87. The number of anilines is 1. The molecule has 0 bridgehead atoms. The minimum Gasteiger partial charge on any atom is -0.325 e. The van der Waals surface area contributed by atoms with Gasteiger partial charge in [0.05, 0.1) is 17.6 Å². The molecule has 19 heavy (non-hydrogen) atoms. The second-order valence-corrected chi connectivity index (χ2v) is 4.04. The van der Waals surface area contributed by atoms with Crippen LogP contribution in [0.25, 0.3) is 10.9 Å². The summed E-state index contributed by atoms with van der Waals surface area (Å²) in [7, 11) is 0. The molecule has 1 aromatic carbocycles. The first-order chi connectivity index (χ1) is 8.96. The topological polar surface area (TPSA) is 42.0 Å². The maximum Gasteiger partial charge on any atom is 0.389 e. The number of hydrogen-bond acceptors (Lipinski definition) is 2. The first kappa shape index (κ1) is 13.3. The number of nitrogens with zero attached hydrogens (tertiary/aromatic N) is 1. The van der Waals surface area contributed by atoms with Crippen LogP contribution in [0.1, 0.15) is 12.8 Å². The predicted molar refractivity (Wildman–Crippen MR) is 65.7 cm³/mol. The normalized spacial score (nSPS) is 11.5. The number of rotatable bonds is 3. The number of nitrogens with one attached hydrogen (secondary N) is 1. The van der Waals surface area contributed by atoms with Crippen LogP contribution in [-0.2, 0) is 4.79 Å². The Kier molecular flexibility index (Phi) is 3.69. The summed E-state index contributed by atoms with van der Waals surface area (Å²) in [4.78, 5) is 15.6. The molecule has 2 rings (SSSR count). The van der Waals surface area contributed by atoms with Crippen LogP contribution in [0.2, 0.25) is 0 Å². The van der Waals surface area contributed by atoms with Crippen molar-refractivity contribution in [3.8, 4) is 0 Å². The molecular formula is C13H11F3N2O. The van der Waals surface area contributed by atoms with E-state index < -0.39 is 24.9 Å². The number of pyridine rings is 1. The summed E-state index contributed by atoms with van der Waals surface area (Å²) in [6.07, 6.45) is -4.42. The second kappa shape index (κ2) is 5.26. The van der Waals surface area contributed by atoms with Gasteiger partial charge in [0.2, 0.25) is 5.91 Å². The van der Waals surface area contributed by atoms with Gasteiger partial charge in [0.25, 0.3) is 0 Å². The molecular weight excluding hydrogens is 257 g/mol. The Hall–Kier alpha value is -2.11. The Bertz CT molecular complexity index is 590. The molecule has 1 amide bonds. The van der Waals surface area contributed by atoms with E-state index in [0.29, 0.717) is 16.6 Å². The van der Waals surface area contributed by atoms with Gasteiger partial charge in [0.15, 0.2) is 0 Å². The van der Waals surface area contributed by atoms with Crippen molar-refractivity contribution < 1.29 is 18.0 Å². The fourth-order valence-corrected chi connectivity index (χ4v) is 1.68. The first-order valence-electron chi connectivity index (χ1n) is 5.66. The number of carbonyl (C=O) groups excluding carboxylic acids is 1. The fourth-order valence-electron chi connectivity index (χ4n) is 1.68. The lowest BCUT2D eigenvalue weighted by Gasteiger charge is -2.09. The molecule has 6 heteroatoms. The summed E-state index contributed by atoms with van der Waals surface area (Å²) in [6, 6.07) is 8.54. The molecule has 1 heterocycles. The van der Waals surface area contributed by atoms with Gasteiger partial charge in [-0.1, -0.05) is 6.07 Å². The molecule has 0 aliphatic heterocycles. The van der Waals surface area contributed by atoms with Crippen molar-refractivity contribution in [1.82, 2.24) is 4.98 Å². The third-order valence-electron chi connectivity index (χ3n) is 2.56. The van der Waals surface area contributed by atoms with Crippen LogP contribution in [0.15, 0.2) is 36.5 Å². The standard InChI is InChI=1S/C13H11F3N2O/c14-13(15,16)7-6-12(19)18-11-5-1-4-10-9(11)3-2-8-17-10/h1-5,8H,6-7H2,(H,18,19). The van der Waals surface area contributed by atoms with Crippen molar-refractivity contribution in [3.05, 3.63) is 36.5 Å². The van der Waals surface area contributed by atoms with Gasteiger partial charge < -0.3 is 5.32 Å². The lowest BCUT2D eigenvalue weighted by atomic mass is 10.1. The van der Waals surface area contributed by atoms with Gasteiger partial charge in [0, 0.05) is 18.0 Å². The number of halogens is 3. The highest BCUT2D eigenvalue weighted by Crippen LogP contribution is 2.24. The van der Waals surface area contributed by atoms with Gasteiger partial charge in [0.1, 0.15) is 0 Å². The van der Waals surface area contributed by atoms with E-state index in [1.54, 1.807) is 36.5 Å². The van der Waals surface area contributed by atoms with E-state index in [-0.39, 0.29) is 0 Å². The fraction of sp³-hybridized carbons (Fsp3) is 0.231. The van der Waals surface area contributed by atoms with Crippen molar-refractivity contribution in [3.63, 3.8) is 0 Å². The highest BCUT2D eigenvalue weighted by molar-refractivity contribution is 6.00. The zero-order chi connectivity index (χ0) is 13.9. The van der Waals surface area contributed by atoms with E-state index in [0.717, 1.165) is 0 Å². The molecule has 0 atom stereocenters. The highest BCUT2D eigenvalue weighted by atomic mass is 19.4. The summed E-state index contributed by atoms with van der Waals surface area (Å²) in [6.45, 7) is 0. The monoisotopic (exact) mass is 268 g/mol. The van der Waals surface area contributed by atoms with Crippen LogP contribution in [0, 0.1) is 0 Å². The minimum atomic E-state index is -4.32. The third-order valence-corrected chi connectivity index (χ3v) is 2.56. The largest absolute Gasteiger partial charge is 0.389 e. The van der Waals surface area contributed by atoms with E-state index in [1.165, 1.54) is 0 Å². The van der Waals surface area contributed by atoms with E-state index in [2.05, 4.69) is 10.3 Å². The Morgan fingerprint density at radius 3 is 2.74 bits per heavy atom. The van der Waals surface area contributed by atoms with Crippen LogP contribution in [0.3, 0.4) is 0 Å². The summed E-state index contributed by atoms with van der Waals surface area (Å²) in [5, 5.41) is 3.18. The molecule has 0 aliphatic carbocycles. The van der Waals surface area contributed by atoms with Crippen molar-refractivity contribution in [2.75, 3.05) is 5.32 Å². The number of carbonyl (C=O) groups is 1. The lowest BCUT2D eigenvalue weighted by Crippen LogP contribution is -2.16. The van der Waals surface area contributed by atoms with Gasteiger partial charge in [-0.15, -0.1) is 0 Å². The third kappa shape index (κ3) is 3.67. The molecule has 0 fully saturated rings. The summed E-state index contributed by atoms with van der Waals surface area (Å²) < 4.78 is 36.1. The van der Waals surface area contributed by atoms with Crippen LogP contribution < -0.4 is 5.32 Å². The number of aromatic nitrogens is 1. The summed E-state index contributed by atoms with van der Waals surface area (Å²) in [5.41, 5.74) is 1.15. The van der Waals surface area contributed by atoms with Gasteiger partial charge in [-0.25, -0.2) is 0 Å². The average molecular weight is 268 g/mol. The molecule has 0 unspecified atom stereocenters. The molecule has 100 valence electrons. The molecule has 3 nitrogen and oxygen atoms in total. The van der Waals surface area contributed by atoms with E-state index >= 15 is 0 Å². The van der Waals surface area contributed by atoms with Gasteiger partial charge in [-0.05, 0) is 24.3 Å². The van der Waals surface area contributed by atoms with Crippen molar-refractivity contribution in [1.29, 1.82) is 0 Å². The van der Waals surface area contributed by atoms with E-state index in [9.17, 15) is 18.0 Å².